The minimum atomic E-state index is -0.465. The van der Waals surface area contributed by atoms with Gasteiger partial charge in [0.15, 0.2) is 5.82 Å². The molecule has 0 unspecified atom stereocenters. The van der Waals surface area contributed by atoms with Crippen molar-refractivity contribution in [3.63, 3.8) is 0 Å². The fourth-order valence-electron chi connectivity index (χ4n) is 1.69. The van der Waals surface area contributed by atoms with Crippen LogP contribution in [0.2, 0.25) is 0 Å². The van der Waals surface area contributed by atoms with Crippen molar-refractivity contribution in [1.29, 1.82) is 0 Å². The summed E-state index contributed by atoms with van der Waals surface area (Å²) in [4.78, 5) is 33.4. The number of amides is 1. The highest BCUT2D eigenvalue weighted by atomic mass is 16.5. The Kier molecular flexibility index (Phi) is 4.35. The third kappa shape index (κ3) is 3.19. The highest BCUT2D eigenvalue weighted by Gasteiger charge is 2.15. The summed E-state index contributed by atoms with van der Waals surface area (Å²) in [5.74, 6) is 0.0255. The normalized spacial score (nSPS) is 10.2. The minimum Gasteiger partial charge on any atom is -0.467 e. The largest absolute Gasteiger partial charge is 0.467 e. The van der Waals surface area contributed by atoms with E-state index in [9.17, 15) is 9.59 Å². The van der Waals surface area contributed by atoms with Crippen LogP contribution in [0.25, 0.3) is 0 Å². The molecule has 2 aromatic rings. The number of methoxy groups -OCH3 is 1. The van der Waals surface area contributed by atoms with Crippen molar-refractivity contribution < 1.29 is 9.53 Å². The van der Waals surface area contributed by atoms with Crippen LogP contribution in [0, 0.1) is 0 Å². The molecule has 9 heteroatoms. The fraction of sp³-hybridized carbons (Fsp3) is 0.308. The van der Waals surface area contributed by atoms with Gasteiger partial charge in [0.2, 0.25) is 0 Å². The highest BCUT2D eigenvalue weighted by Crippen LogP contribution is 2.23. The van der Waals surface area contributed by atoms with E-state index in [1.54, 1.807) is 19.0 Å². The number of hydrogen-bond donors (Lipinski definition) is 1. The maximum absolute atomic E-state index is 12.2. The lowest BCUT2D eigenvalue weighted by atomic mass is 10.3. The van der Waals surface area contributed by atoms with E-state index >= 15 is 0 Å². The predicted molar refractivity (Wildman–Crippen MR) is 80.3 cm³/mol. The Hall–Kier alpha value is -2.97. The summed E-state index contributed by atoms with van der Waals surface area (Å²) < 4.78 is 6.06. The summed E-state index contributed by atoms with van der Waals surface area (Å²) in [6.45, 7) is 0. The molecule has 0 saturated carbocycles. The molecule has 9 nitrogen and oxygen atoms in total. The number of anilines is 2. The van der Waals surface area contributed by atoms with Crippen molar-refractivity contribution in [1.82, 2.24) is 19.7 Å². The third-order valence-corrected chi connectivity index (χ3v) is 2.79. The number of ether oxygens (including phenoxy) is 1. The van der Waals surface area contributed by atoms with Crippen LogP contribution >= 0.6 is 0 Å². The van der Waals surface area contributed by atoms with Gasteiger partial charge in [-0.1, -0.05) is 0 Å². The van der Waals surface area contributed by atoms with Crippen LogP contribution in [0.5, 0.6) is 6.01 Å². The van der Waals surface area contributed by atoms with Gasteiger partial charge < -0.3 is 15.0 Å². The van der Waals surface area contributed by atoms with Gasteiger partial charge in [-0.3, -0.25) is 9.59 Å². The zero-order chi connectivity index (χ0) is 16.3. The van der Waals surface area contributed by atoms with Crippen molar-refractivity contribution in [3.8, 4) is 6.01 Å². The van der Waals surface area contributed by atoms with Crippen molar-refractivity contribution >= 4 is 17.4 Å². The van der Waals surface area contributed by atoms with Crippen molar-refractivity contribution in [2.75, 3.05) is 31.4 Å². The van der Waals surface area contributed by atoms with E-state index in [0.29, 0.717) is 11.5 Å². The molecule has 22 heavy (non-hydrogen) atoms. The molecule has 0 atom stereocenters. The number of hydrogen-bond acceptors (Lipinski definition) is 7. The first-order valence-corrected chi connectivity index (χ1v) is 6.36. The molecule has 116 valence electrons. The number of aromatic nitrogens is 4. The van der Waals surface area contributed by atoms with Gasteiger partial charge in [-0.05, 0) is 6.07 Å². The van der Waals surface area contributed by atoms with Gasteiger partial charge in [-0.2, -0.15) is 10.1 Å². The van der Waals surface area contributed by atoms with E-state index in [-0.39, 0.29) is 17.3 Å². The Bertz CT molecular complexity index is 756. The minimum absolute atomic E-state index is 0.114. The van der Waals surface area contributed by atoms with E-state index in [4.69, 9.17) is 4.74 Å². The molecule has 0 radical (unpaired) electrons. The van der Waals surface area contributed by atoms with Crippen LogP contribution < -0.4 is 20.5 Å². The van der Waals surface area contributed by atoms with E-state index in [2.05, 4.69) is 20.4 Å². The van der Waals surface area contributed by atoms with Crippen LogP contribution in [0.3, 0.4) is 0 Å². The predicted octanol–water partition coefficient (Wildman–Crippen LogP) is -0.103. The number of carbonyl (C=O) groups excluding carboxylic acids is 1. The number of nitrogens with zero attached hydrogens (tertiary/aromatic N) is 5. The lowest BCUT2D eigenvalue weighted by molar-refractivity contribution is 0.102. The molecule has 0 aromatic carbocycles. The Labute approximate surface area is 126 Å². The van der Waals surface area contributed by atoms with Crippen LogP contribution in [-0.4, -0.2) is 46.9 Å². The molecule has 1 amide bonds. The first kappa shape index (κ1) is 15.4. The Morgan fingerprint density at radius 2 is 2.09 bits per heavy atom. The SMILES string of the molecule is COc1ncc(NC(=O)c2ccc(=O)n(C)n2)c(N(C)C)n1. The Balaban J connectivity index is 2.31. The van der Waals surface area contributed by atoms with Crippen LogP contribution in [0.4, 0.5) is 11.5 Å². The topological polar surface area (TPSA) is 102 Å². The molecule has 0 bridgehead atoms. The molecular formula is C13H16N6O3. The Morgan fingerprint density at radius 1 is 1.36 bits per heavy atom. The molecule has 0 saturated heterocycles. The second kappa shape index (κ2) is 6.20. The van der Waals surface area contributed by atoms with E-state index in [1.165, 1.54) is 32.5 Å². The first-order valence-electron chi connectivity index (χ1n) is 6.36. The molecular weight excluding hydrogens is 288 g/mol. The number of aryl methyl sites for hydroxylation is 1. The van der Waals surface area contributed by atoms with Gasteiger partial charge in [0.1, 0.15) is 11.4 Å². The van der Waals surface area contributed by atoms with Crippen molar-refractivity contribution in [2.45, 2.75) is 0 Å². The zero-order valence-corrected chi connectivity index (χ0v) is 12.7. The van der Waals surface area contributed by atoms with Gasteiger partial charge >= 0.3 is 6.01 Å². The average Bonchev–Trinajstić information content (AvgIpc) is 2.50. The van der Waals surface area contributed by atoms with Gasteiger partial charge in [-0.15, -0.1) is 0 Å². The lowest BCUT2D eigenvalue weighted by Gasteiger charge is -2.16. The fourth-order valence-corrected chi connectivity index (χ4v) is 1.69. The molecule has 0 aliphatic rings. The number of nitrogens with one attached hydrogen (secondary N) is 1. The maximum Gasteiger partial charge on any atom is 0.318 e. The summed E-state index contributed by atoms with van der Waals surface area (Å²) >= 11 is 0. The molecule has 2 rings (SSSR count). The average molecular weight is 304 g/mol. The second-order valence-corrected chi connectivity index (χ2v) is 4.62. The summed E-state index contributed by atoms with van der Waals surface area (Å²) in [5.41, 5.74) is 0.229. The van der Waals surface area contributed by atoms with Crippen molar-refractivity contribution in [3.05, 3.63) is 34.4 Å². The first-order chi connectivity index (χ1) is 10.4. The van der Waals surface area contributed by atoms with Crippen LogP contribution in [0.1, 0.15) is 10.5 Å². The second-order valence-electron chi connectivity index (χ2n) is 4.62. The third-order valence-electron chi connectivity index (χ3n) is 2.79. The van der Waals surface area contributed by atoms with E-state index < -0.39 is 5.91 Å². The van der Waals surface area contributed by atoms with Gasteiger partial charge in [0.25, 0.3) is 11.5 Å². The van der Waals surface area contributed by atoms with Gasteiger partial charge in [0.05, 0.1) is 13.3 Å². The Morgan fingerprint density at radius 3 is 2.68 bits per heavy atom. The van der Waals surface area contributed by atoms with E-state index in [0.717, 1.165) is 4.68 Å². The summed E-state index contributed by atoms with van der Waals surface area (Å²) in [6, 6.07) is 2.83. The molecule has 2 heterocycles. The highest BCUT2D eigenvalue weighted by molar-refractivity contribution is 6.04. The molecule has 1 N–H and O–H groups in total. The van der Waals surface area contributed by atoms with E-state index in [1.807, 2.05) is 0 Å². The molecule has 0 aliphatic carbocycles. The van der Waals surface area contributed by atoms with Crippen molar-refractivity contribution in [2.24, 2.45) is 7.05 Å². The monoisotopic (exact) mass is 304 g/mol. The number of carbonyl (C=O) groups is 1. The smallest absolute Gasteiger partial charge is 0.318 e. The molecule has 0 fully saturated rings. The summed E-state index contributed by atoms with van der Waals surface area (Å²) in [7, 11) is 6.49. The summed E-state index contributed by atoms with van der Waals surface area (Å²) in [6.07, 6.45) is 1.45. The van der Waals surface area contributed by atoms with Gasteiger partial charge in [-0.25, -0.2) is 9.67 Å². The van der Waals surface area contributed by atoms with Crippen LogP contribution in [-0.2, 0) is 7.05 Å². The maximum atomic E-state index is 12.2. The standard InChI is InChI=1S/C13H16N6O3/c1-18(2)11-9(7-14-13(16-11)22-4)15-12(21)8-5-6-10(20)19(3)17-8/h5-7H,1-4H3,(H,15,21). The summed E-state index contributed by atoms with van der Waals surface area (Å²) in [5, 5.41) is 6.56. The molecule has 0 aliphatic heterocycles. The zero-order valence-electron chi connectivity index (χ0n) is 12.7. The van der Waals surface area contributed by atoms with Crippen LogP contribution in [0.15, 0.2) is 23.1 Å². The molecule has 0 spiro atoms. The van der Waals surface area contributed by atoms with Gasteiger partial charge in [0, 0.05) is 27.2 Å². The number of rotatable bonds is 4. The lowest BCUT2D eigenvalue weighted by Crippen LogP contribution is -2.24. The quantitative estimate of drug-likeness (QED) is 0.841. The molecule has 2 aromatic heterocycles.